The van der Waals surface area contributed by atoms with Crippen LogP contribution in [0.4, 0.5) is 5.69 Å². The quantitative estimate of drug-likeness (QED) is 0.414. The Morgan fingerprint density at radius 1 is 1.27 bits per heavy atom. The molecule has 2 atom stereocenters. The summed E-state index contributed by atoms with van der Waals surface area (Å²) in [6.45, 7) is 7.79. The van der Waals surface area contributed by atoms with Gasteiger partial charge in [-0.05, 0) is 43.2 Å². The molecule has 2 unspecified atom stereocenters. The summed E-state index contributed by atoms with van der Waals surface area (Å²) >= 11 is 0. The maximum absolute atomic E-state index is 5.35. The van der Waals surface area contributed by atoms with Gasteiger partial charge in [-0.2, -0.15) is 0 Å². The maximum atomic E-state index is 5.35. The summed E-state index contributed by atoms with van der Waals surface area (Å²) in [6, 6.07) is 8.37. The van der Waals surface area contributed by atoms with E-state index in [0.29, 0.717) is 5.92 Å². The number of rotatable bonds is 4. The predicted octanol–water partition coefficient (Wildman–Crippen LogP) is 3.45. The highest BCUT2D eigenvalue weighted by Gasteiger charge is 2.24. The number of benzene rings is 1. The molecule has 0 amide bonds. The molecule has 2 aliphatic heterocycles. The number of nitrogens with zero attached hydrogens (tertiary/aromatic N) is 3. The Labute approximate surface area is 175 Å². The standard InChI is InChI=1S/C20H32N4O.HI/c1-16-6-5-10-24(14-16)20(21-2)22-13-17-9-11-23(15-17)18-7-4-8-19(12-18)25-3;/h4,7-8,12,16-17H,5-6,9-11,13-15H2,1-3H3,(H,21,22);1H. The van der Waals surface area contributed by atoms with Crippen molar-refractivity contribution >= 4 is 35.6 Å². The van der Waals surface area contributed by atoms with Crippen LogP contribution in [-0.2, 0) is 0 Å². The first-order valence-electron chi connectivity index (χ1n) is 9.54. The molecule has 0 radical (unpaired) electrons. The zero-order valence-corrected chi connectivity index (χ0v) is 18.6. The molecule has 2 heterocycles. The van der Waals surface area contributed by atoms with Crippen LogP contribution < -0.4 is 15.0 Å². The molecule has 5 nitrogen and oxygen atoms in total. The number of nitrogens with one attached hydrogen (secondary N) is 1. The second-order valence-corrected chi connectivity index (χ2v) is 7.42. The predicted molar refractivity (Wildman–Crippen MR) is 120 cm³/mol. The number of anilines is 1. The lowest BCUT2D eigenvalue weighted by atomic mass is 10.0. The van der Waals surface area contributed by atoms with Gasteiger partial charge in [0.05, 0.1) is 7.11 Å². The zero-order chi connectivity index (χ0) is 17.6. The highest BCUT2D eigenvalue weighted by atomic mass is 127. The first kappa shape index (κ1) is 21.1. The van der Waals surface area contributed by atoms with Crippen LogP contribution in [0, 0.1) is 11.8 Å². The molecular weight excluding hydrogens is 439 g/mol. The number of likely N-dealkylation sites (tertiary alicyclic amines) is 1. The number of ether oxygens (including phenoxy) is 1. The van der Waals surface area contributed by atoms with E-state index in [1.807, 2.05) is 13.1 Å². The van der Waals surface area contributed by atoms with Crippen molar-refractivity contribution in [3.8, 4) is 5.75 Å². The van der Waals surface area contributed by atoms with Gasteiger partial charge in [0.15, 0.2) is 5.96 Å². The number of hydrogen-bond acceptors (Lipinski definition) is 3. The molecule has 0 aliphatic carbocycles. The normalized spacial score (nSPS) is 23.6. The topological polar surface area (TPSA) is 40.1 Å². The Kier molecular flexibility index (Phi) is 8.31. The van der Waals surface area contributed by atoms with Crippen molar-refractivity contribution in [2.45, 2.75) is 26.2 Å². The van der Waals surface area contributed by atoms with Gasteiger partial charge in [-0.3, -0.25) is 4.99 Å². The smallest absolute Gasteiger partial charge is 0.193 e. The minimum atomic E-state index is 0. The van der Waals surface area contributed by atoms with Crippen molar-refractivity contribution in [2.24, 2.45) is 16.8 Å². The van der Waals surface area contributed by atoms with Gasteiger partial charge in [-0.15, -0.1) is 24.0 Å². The molecule has 146 valence electrons. The Morgan fingerprint density at radius 3 is 2.85 bits per heavy atom. The molecule has 6 heteroatoms. The molecule has 0 aromatic heterocycles. The largest absolute Gasteiger partial charge is 0.497 e. The maximum Gasteiger partial charge on any atom is 0.193 e. The van der Waals surface area contributed by atoms with Crippen molar-refractivity contribution in [1.82, 2.24) is 10.2 Å². The van der Waals surface area contributed by atoms with Gasteiger partial charge in [0.25, 0.3) is 0 Å². The lowest BCUT2D eigenvalue weighted by molar-refractivity contribution is 0.265. The number of piperidine rings is 1. The molecular formula is C20H33IN4O. The van der Waals surface area contributed by atoms with Gasteiger partial charge in [-0.25, -0.2) is 0 Å². The number of guanidine groups is 1. The van der Waals surface area contributed by atoms with E-state index in [4.69, 9.17) is 4.74 Å². The summed E-state index contributed by atoms with van der Waals surface area (Å²) in [7, 11) is 3.63. The minimum Gasteiger partial charge on any atom is -0.497 e. The van der Waals surface area contributed by atoms with E-state index in [9.17, 15) is 0 Å². The fourth-order valence-corrected chi connectivity index (χ4v) is 3.99. The van der Waals surface area contributed by atoms with Crippen LogP contribution in [0.1, 0.15) is 26.2 Å². The van der Waals surface area contributed by atoms with E-state index in [-0.39, 0.29) is 24.0 Å². The van der Waals surface area contributed by atoms with E-state index in [2.05, 4.69) is 45.2 Å². The molecule has 26 heavy (non-hydrogen) atoms. The summed E-state index contributed by atoms with van der Waals surface area (Å²) in [5.74, 6) is 3.43. The van der Waals surface area contributed by atoms with E-state index in [0.717, 1.165) is 50.4 Å². The molecule has 1 aromatic carbocycles. The summed E-state index contributed by atoms with van der Waals surface area (Å²) in [4.78, 5) is 9.39. The monoisotopic (exact) mass is 472 g/mol. The fourth-order valence-electron chi connectivity index (χ4n) is 3.99. The second kappa shape index (κ2) is 10.2. The van der Waals surface area contributed by atoms with Crippen LogP contribution in [-0.4, -0.2) is 57.7 Å². The Balaban J connectivity index is 0.00000243. The highest BCUT2D eigenvalue weighted by molar-refractivity contribution is 14.0. The van der Waals surface area contributed by atoms with Crippen LogP contribution in [0.3, 0.4) is 0 Å². The average Bonchev–Trinajstić information content (AvgIpc) is 3.11. The minimum absolute atomic E-state index is 0. The SMILES string of the molecule is CN=C(NCC1CCN(c2cccc(OC)c2)C1)N1CCCC(C)C1.I. The third-order valence-corrected chi connectivity index (χ3v) is 5.42. The molecule has 0 saturated carbocycles. The number of methoxy groups -OCH3 is 1. The average molecular weight is 472 g/mol. The third-order valence-electron chi connectivity index (χ3n) is 5.42. The van der Waals surface area contributed by atoms with Gasteiger partial charge in [-0.1, -0.05) is 13.0 Å². The van der Waals surface area contributed by atoms with Gasteiger partial charge in [0.2, 0.25) is 0 Å². The van der Waals surface area contributed by atoms with Crippen molar-refractivity contribution in [2.75, 3.05) is 51.8 Å². The van der Waals surface area contributed by atoms with Gasteiger partial charge in [0.1, 0.15) is 5.75 Å². The molecule has 3 rings (SSSR count). The van der Waals surface area contributed by atoms with Crippen molar-refractivity contribution < 1.29 is 4.74 Å². The summed E-state index contributed by atoms with van der Waals surface area (Å²) in [5.41, 5.74) is 1.26. The van der Waals surface area contributed by atoms with E-state index < -0.39 is 0 Å². The lowest BCUT2D eigenvalue weighted by Gasteiger charge is -2.34. The number of hydrogen-bond donors (Lipinski definition) is 1. The molecule has 0 spiro atoms. The lowest BCUT2D eigenvalue weighted by Crippen LogP contribution is -2.47. The van der Waals surface area contributed by atoms with Gasteiger partial charge >= 0.3 is 0 Å². The Morgan fingerprint density at radius 2 is 2.12 bits per heavy atom. The molecule has 1 N–H and O–H groups in total. The molecule has 0 bridgehead atoms. The van der Waals surface area contributed by atoms with Crippen molar-refractivity contribution in [3.63, 3.8) is 0 Å². The first-order valence-corrected chi connectivity index (χ1v) is 9.54. The van der Waals surface area contributed by atoms with E-state index >= 15 is 0 Å². The fraction of sp³-hybridized carbons (Fsp3) is 0.650. The second-order valence-electron chi connectivity index (χ2n) is 7.42. The van der Waals surface area contributed by atoms with Crippen LogP contribution in [0.2, 0.25) is 0 Å². The summed E-state index contributed by atoms with van der Waals surface area (Å²) in [5, 5.41) is 3.62. The zero-order valence-electron chi connectivity index (χ0n) is 16.3. The first-order chi connectivity index (χ1) is 12.2. The van der Waals surface area contributed by atoms with Crippen LogP contribution in [0.15, 0.2) is 29.3 Å². The molecule has 2 fully saturated rings. The molecule has 2 saturated heterocycles. The summed E-state index contributed by atoms with van der Waals surface area (Å²) in [6.07, 6.45) is 3.83. The summed E-state index contributed by atoms with van der Waals surface area (Å²) < 4.78 is 5.35. The van der Waals surface area contributed by atoms with Crippen molar-refractivity contribution in [1.29, 1.82) is 0 Å². The van der Waals surface area contributed by atoms with Crippen LogP contribution in [0.25, 0.3) is 0 Å². The van der Waals surface area contributed by atoms with Gasteiger partial charge < -0.3 is 19.9 Å². The van der Waals surface area contributed by atoms with Crippen LogP contribution >= 0.6 is 24.0 Å². The Bertz CT molecular complexity index is 595. The van der Waals surface area contributed by atoms with Crippen LogP contribution in [0.5, 0.6) is 5.75 Å². The molecule has 2 aliphatic rings. The number of aliphatic imine (C=N–C) groups is 1. The number of halogens is 1. The van der Waals surface area contributed by atoms with Gasteiger partial charge in [0, 0.05) is 51.5 Å². The highest BCUT2D eigenvalue weighted by Crippen LogP contribution is 2.26. The third kappa shape index (κ3) is 5.41. The van der Waals surface area contributed by atoms with E-state index in [1.54, 1.807) is 7.11 Å². The Hall–Kier alpha value is -1.18. The van der Waals surface area contributed by atoms with E-state index in [1.165, 1.54) is 24.9 Å². The van der Waals surface area contributed by atoms with Crippen molar-refractivity contribution in [3.05, 3.63) is 24.3 Å². The molecule has 1 aromatic rings.